The van der Waals surface area contributed by atoms with Gasteiger partial charge in [-0.25, -0.2) is 4.98 Å². The lowest BCUT2D eigenvalue weighted by Crippen LogP contribution is -2.39. The zero-order valence-electron chi connectivity index (χ0n) is 11.0. The van der Waals surface area contributed by atoms with Crippen molar-refractivity contribution in [3.05, 3.63) is 24.0 Å². The average Bonchev–Trinajstić information content (AvgIpc) is 2.39. The number of pyridine rings is 1. The van der Waals surface area contributed by atoms with Crippen molar-refractivity contribution in [2.24, 2.45) is 0 Å². The molecule has 1 heterocycles. The van der Waals surface area contributed by atoms with E-state index in [0.717, 1.165) is 12.8 Å². The van der Waals surface area contributed by atoms with Crippen LogP contribution < -0.4 is 11.1 Å². The van der Waals surface area contributed by atoms with Crippen LogP contribution in [0.5, 0.6) is 0 Å². The Morgan fingerprint density at radius 2 is 2.26 bits per heavy atom. The first-order valence-electron chi connectivity index (χ1n) is 6.24. The molecule has 19 heavy (non-hydrogen) atoms. The number of carbonyl (C=O) groups is 1. The highest BCUT2D eigenvalue weighted by Crippen LogP contribution is 2.26. The molecule has 2 atom stereocenters. The zero-order valence-corrected chi connectivity index (χ0v) is 12.6. The van der Waals surface area contributed by atoms with E-state index >= 15 is 0 Å². The Bertz CT molecular complexity index is 413. The number of nitrogens with zero attached hydrogens (tertiary/aromatic N) is 1. The molecule has 0 radical (unpaired) electrons. The third-order valence-electron chi connectivity index (χ3n) is 3.31. The molecule has 4 nitrogen and oxygen atoms in total. The molecule has 0 aromatic carbocycles. The van der Waals surface area contributed by atoms with E-state index in [1.165, 1.54) is 19.0 Å². The summed E-state index contributed by atoms with van der Waals surface area (Å²) in [5, 5.41) is 3.73. The van der Waals surface area contributed by atoms with E-state index in [4.69, 9.17) is 5.73 Å². The molecule has 1 fully saturated rings. The molecule has 0 bridgehead atoms. The monoisotopic (exact) mass is 301 g/mol. The summed E-state index contributed by atoms with van der Waals surface area (Å²) >= 11 is 1.89. The van der Waals surface area contributed by atoms with E-state index in [9.17, 15) is 4.79 Å². The average molecular weight is 302 g/mol. The molecule has 1 aromatic heterocycles. The number of amides is 1. The van der Waals surface area contributed by atoms with Crippen molar-refractivity contribution >= 4 is 35.8 Å². The van der Waals surface area contributed by atoms with Crippen LogP contribution in [0, 0.1) is 0 Å². The third-order valence-corrected chi connectivity index (χ3v) is 4.41. The number of hydrogen-bond donors (Lipinski definition) is 2. The Labute approximate surface area is 124 Å². The van der Waals surface area contributed by atoms with Gasteiger partial charge in [-0.3, -0.25) is 4.79 Å². The van der Waals surface area contributed by atoms with Crippen molar-refractivity contribution < 1.29 is 4.79 Å². The normalized spacial score (nSPS) is 22.4. The van der Waals surface area contributed by atoms with Gasteiger partial charge in [-0.1, -0.05) is 6.42 Å². The lowest BCUT2D eigenvalue weighted by atomic mass is 9.95. The summed E-state index contributed by atoms with van der Waals surface area (Å²) < 4.78 is 0. The van der Waals surface area contributed by atoms with Crippen molar-refractivity contribution in [3.63, 3.8) is 0 Å². The third kappa shape index (κ3) is 4.58. The molecular formula is C13H20ClN3OS. The second-order valence-electron chi connectivity index (χ2n) is 4.67. The van der Waals surface area contributed by atoms with Gasteiger partial charge in [-0.05, 0) is 37.7 Å². The molecule has 0 spiro atoms. The number of carbonyl (C=O) groups excluding carboxylic acids is 1. The van der Waals surface area contributed by atoms with Crippen molar-refractivity contribution in [1.29, 1.82) is 0 Å². The molecule has 0 saturated heterocycles. The van der Waals surface area contributed by atoms with Crippen LogP contribution in [-0.4, -0.2) is 28.4 Å². The highest BCUT2D eigenvalue weighted by molar-refractivity contribution is 7.99. The number of nitrogens with two attached hydrogens (primary N) is 1. The summed E-state index contributed by atoms with van der Waals surface area (Å²) in [6, 6.07) is 3.65. The van der Waals surface area contributed by atoms with Gasteiger partial charge in [-0.15, -0.1) is 12.4 Å². The second kappa shape index (κ2) is 7.60. The number of nitrogens with one attached hydrogen (secondary N) is 1. The van der Waals surface area contributed by atoms with Crippen LogP contribution in [0.2, 0.25) is 0 Å². The van der Waals surface area contributed by atoms with Gasteiger partial charge in [0.1, 0.15) is 5.69 Å². The summed E-state index contributed by atoms with van der Waals surface area (Å²) in [7, 11) is 0. The number of hydrogen-bond acceptors (Lipinski definition) is 4. The molecule has 1 aromatic rings. The largest absolute Gasteiger partial charge is 0.397 e. The molecule has 2 unspecified atom stereocenters. The number of anilines is 1. The smallest absolute Gasteiger partial charge is 0.270 e. The fourth-order valence-electron chi connectivity index (χ4n) is 2.29. The minimum absolute atomic E-state index is 0. The molecule has 106 valence electrons. The van der Waals surface area contributed by atoms with Crippen LogP contribution >= 0.6 is 24.2 Å². The molecule has 1 aliphatic rings. The van der Waals surface area contributed by atoms with Crippen LogP contribution in [0.1, 0.15) is 36.2 Å². The van der Waals surface area contributed by atoms with Crippen LogP contribution in [-0.2, 0) is 0 Å². The van der Waals surface area contributed by atoms with Gasteiger partial charge in [0.15, 0.2) is 0 Å². The van der Waals surface area contributed by atoms with Crippen LogP contribution in [0.25, 0.3) is 0 Å². The number of nitrogen functional groups attached to an aromatic ring is 1. The Morgan fingerprint density at radius 1 is 1.47 bits per heavy atom. The molecule has 1 amide bonds. The lowest BCUT2D eigenvalue weighted by molar-refractivity contribution is 0.0923. The van der Waals surface area contributed by atoms with Crippen LogP contribution in [0.15, 0.2) is 18.3 Å². The predicted octanol–water partition coefficient (Wildman–Crippen LogP) is 2.49. The van der Waals surface area contributed by atoms with Gasteiger partial charge in [-0.2, -0.15) is 11.8 Å². The van der Waals surface area contributed by atoms with E-state index in [1.54, 1.807) is 12.1 Å². The first kappa shape index (κ1) is 16.1. The van der Waals surface area contributed by atoms with E-state index in [2.05, 4.69) is 16.6 Å². The van der Waals surface area contributed by atoms with Gasteiger partial charge in [0.05, 0.1) is 11.9 Å². The van der Waals surface area contributed by atoms with E-state index < -0.39 is 0 Å². The zero-order chi connectivity index (χ0) is 13.0. The Balaban J connectivity index is 0.00000180. The highest BCUT2D eigenvalue weighted by Gasteiger charge is 2.23. The Morgan fingerprint density at radius 3 is 2.89 bits per heavy atom. The molecule has 1 aliphatic carbocycles. The minimum Gasteiger partial charge on any atom is -0.397 e. The van der Waals surface area contributed by atoms with Crippen molar-refractivity contribution in [1.82, 2.24) is 10.3 Å². The van der Waals surface area contributed by atoms with Crippen molar-refractivity contribution in [2.45, 2.75) is 37.0 Å². The van der Waals surface area contributed by atoms with Gasteiger partial charge in [0, 0.05) is 11.3 Å². The van der Waals surface area contributed by atoms with Gasteiger partial charge in [0.25, 0.3) is 5.91 Å². The summed E-state index contributed by atoms with van der Waals surface area (Å²) in [6.45, 7) is 0. The summed E-state index contributed by atoms with van der Waals surface area (Å²) in [6.07, 6.45) is 8.22. The molecule has 1 saturated carbocycles. The molecule has 0 aliphatic heterocycles. The first-order valence-corrected chi connectivity index (χ1v) is 7.53. The van der Waals surface area contributed by atoms with Gasteiger partial charge < -0.3 is 11.1 Å². The van der Waals surface area contributed by atoms with Crippen LogP contribution in [0.4, 0.5) is 5.69 Å². The SMILES string of the molecule is CSC1CCCC(NC(=O)c2ccc(N)cn2)C1.Cl. The van der Waals surface area contributed by atoms with E-state index in [1.807, 2.05) is 11.8 Å². The molecule has 6 heteroatoms. The lowest BCUT2D eigenvalue weighted by Gasteiger charge is -2.28. The maximum absolute atomic E-state index is 12.0. The molecule has 2 rings (SSSR count). The fourth-order valence-corrected chi connectivity index (χ4v) is 3.12. The van der Waals surface area contributed by atoms with Gasteiger partial charge >= 0.3 is 0 Å². The predicted molar refractivity (Wildman–Crippen MR) is 82.9 cm³/mol. The molecule has 3 N–H and O–H groups in total. The van der Waals surface area contributed by atoms with Crippen LogP contribution in [0.3, 0.4) is 0 Å². The number of halogens is 1. The maximum atomic E-state index is 12.0. The Kier molecular flexibility index (Phi) is 6.45. The number of thioether (sulfide) groups is 1. The number of rotatable bonds is 3. The summed E-state index contributed by atoms with van der Waals surface area (Å²) in [5.74, 6) is -0.0956. The fraction of sp³-hybridized carbons (Fsp3) is 0.538. The second-order valence-corrected chi connectivity index (χ2v) is 5.81. The molecular weight excluding hydrogens is 282 g/mol. The topological polar surface area (TPSA) is 68.0 Å². The van der Waals surface area contributed by atoms with Gasteiger partial charge in [0.2, 0.25) is 0 Å². The minimum atomic E-state index is -0.0956. The number of aromatic nitrogens is 1. The first-order chi connectivity index (χ1) is 8.69. The standard InChI is InChI=1S/C13H19N3OS.ClH/c1-18-11-4-2-3-10(7-11)16-13(17)12-6-5-9(14)8-15-12;/h5-6,8,10-11H,2-4,7,14H2,1H3,(H,16,17);1H. The maximum Gasteiger partial charge on any atom is 0.270 e. The van der Waals surface area contributed by atoms with E-state index in [-0.39, 0.29) is 24.4 Å². The summed E-state index contributed by atoms with van der Waals surface area (Å²) in [4.78, 5) is 16.0. The quantitative estimate of drug-likeness (QED) is 0.900. The highest BCUT2D eigenvalue weighted by atomic mass is 35.5. The van der Waals surface area contributed by atoms with E-state index in [0.29, 0.717) is 16.6 Å². The Hall–Kier alpha value is -0.940. The van der Waals surface area contributed by atoms with Crippen molar-refractivity contribution in [3.8, 4) is 0 Å². The van der Waals surface area contributed by atoms with Crippen molar-refractivity contribution in [2.75, 3.05) is 12.0 Å². The summed E-state index contributed by atoms with van der Waals surface area (Å²) in [5.41, 5.74) is 6.57.